The molecule has 2 aromatic rings. The summed E-state index contributed by atoms with van der Waals surface area (Å²) in [5.41, 5.74) is 1.37. The lowest BCUT2D eigenvalue weighted by Crippen LogP contribution is -2.36. The van der Waals surface area contributed by atoms with E-state index in [4.69, 9.17) is 9.15 Å². The summed E-state index contributed by atoms with van der Waals surface area (Å²) in [5, 5.41) is 0. The Bertz CT molecular complexity index is 649. The van der Waals surface area contributed by atoms with Crippen LogP contribution in [-0.2, 0) is 24.1 Å². The number of fused-ring (bicyclic) bond motifs is 1. The first-order chi connectivity index (χ1) is 11.3. The Balaban J connectivity index is 1.53. The fourth-order valence-corrected chi connectivity index (χ4v) is 4.66. The molecule has 23 heavy (non-hydrogen) atoms. The lowest BCUT2D eigenvalue weighted by molar-refractivity contribution is 0.0495. The highest BCUT2D eigenvalue weighted by molar-refractivity contribution is 7.14. The van der Waals surface area contributed by atoms with Crippen molar-refractivity contribution in [1.82, 2.24) is 4.90 Å². The van der Waals surface area contributed by atoms with Crippen LogP contribution in [0.15, 0.2) is 28.9 Å². The number of rotatable bonds is 5. The van der Waals surface area contributed by atoms with E-state index in [-0.39, 0.29) is 12.0 Å². The average molecular weight is 331 g/mol. The summed E-state index contributed by atoms with van der Waals surface area (Å²) in [6.07, 6.45) is 7.38. The number of carbonyl (C=O) groups excluding carboxylic acids is 1. The molecule has 1 aliphatic carbocycles. The molecule has 0 spiro atoms. The lowest BCUT2D eigenvalue weighted by Gasteiger charge is -2.24. The van der Waals surface area contributed by atoms with Crippen LogP contribution < -0.4 is 0 Å². The molecule has 0 bridgehead atoms. The van der Waals surface area contributed by atoms with Gasteiger partial charge in [0.1, 0.15) is 5.76 Å². The van der Waals surface area contributed by atoms with Gasteiger partial charge in [0.05, 0.1) is 23.8 Å². The first kappa shape index (κ1) is 15.0. The molecule has 0 N–H and O–H groups in total. The number of amides is 1. The molecule has 2 aliphatic rings. The first-order valence-electron chi connectivity index (χ1n) is 8.34. The summed E-state index contributed by atoms with van der Waals surface area (Å²) in [4.78, 5) is 17.1. The standard InChI is InChI=1S/C18H21NO3S/c20-18(17-10-13-4-1-7-16(13)23-17)19(11-14-5-2-8-21-14)12-15-6-3-9-22-15/h2,5,8,10,15H,1,3-4,6-7,9,11-12H2/t15-/m0/s1. The number of furan rings is 1. The normalized spacial score (nSPS) is 19.9. The third-order valence-corrected chi connectivity index (χ3v) is 5.84. The third kappa shape index (κ3) is 3.21. The highest BCUT2D eigenvalue weighted by Crippen LogP contribution is 2.31. The van der Waals surface area contributed by atoms with Gasteiger partial charge in [-0.05, 0) is 55.9 Å². The largest absolute Gasteiger partial charge is 0.467 e. The predicted octanol–water partition coefficient (Wildman–Crippen LogP) is 3.65. The van der Waals surface area contributed by atoms with Crippen molar-refractivity contribution in [3.8, 4) is 0 Å². The second kappa shape index (κ2) is 6.49. The first-order valence-corrected chi connectivity index (χ1v) is 9.16. The number of carbonyl (C=O) groups is 1. The van der Waals surface area contributed by atoms with Crippen molar-refractivity contribution in [2.75, 3.05) is 13.2 Å². The number of aryl methyl sites for hydroxylation is 2. The van der Waals surface area contributed by atoms with E-state index in [1.54, 1.807) is 17.6 Å². The van der Waals surface area contributed by atoms with Crippen molar-refractivity contribution in [2.45, 2.75) is 44.8 Å². The van der Waals surface area contributed by atoms with Crippen LogP contribution in [0.4, 0.5) is 0 Å². The van der Waals surface area contributed by atoms with Gasteiger partial charge >= 0.3 is 0 Å². The monoisotopic (exact) mass is 331 g/mol. The van der Waals surface area contributed by atoms with E-state index in [2.05, 4.69) is 6.07 Å². The zero-order valence-corrected chi connectivity index (χ0v) is 13.9. The second-order valence-electron chi connectivity index (χ2n) is 6.31. The van der Waals surface area contributed by atoms with Crippen molar-refractivity contribution in [2.24, 2.45) is 0 Å². The molecule has 2 aromatic heterocycles. The Morgan fingerprint density at radius 3 is 3.04 bits per heavy atom. The zero-order chi connectivity index (χ0) is 15.6. The van der Waals surface area contributed by atoms with E-state index in [1.807, 2.05) is 17.0 Å². The van der Waals surface area contributed by atoms with Crippen LogP contribution in [-0.4, -0.2) is 30.1 Å². The van der Waals surface area contributed by atoms with E-state index in [1.165, 1.54) is 16.9 Å². The maximum absolute atomic E-state index is 13.0. The predicted molar refractivity (Wildman–Crippen MR) is 88.8 cm³/mol. The summed E-state index contributed by atoms with van der Waals surface area (Å²) in [6.45, 7) is 1.96. The summed E-state index contributed by atoms with van der Waals surface area (Å²) < 4.78 is 11.2. The van der Waals surface area contributed by atoms with Gasteiger partial charge in [-0.3, -0.25) is 4.79 Å². The topological polar surface area (TPSA) is 42.7 Å². The van der Waals surface area contributed by atoms with Crippen LogP contribution in [0.2, 0.25) is 0 Å². The minimum atomic E-state index is 0.108. The molecule has 0 aromatic carbocycles. The molecule has 1 aliphatic heterocycles. The van der Waals surface area contributed by atoms with Crippen molar-refractivity contribution in [3.05, 3.63) is 45.5 Å². The molecule has 0 saturated carbocycles. The highest BCUT2D eigenvalue weighted by atomic mass is 32.1. The van der Waals surface area contributed by atoms with Gasteiger partial charge in [-0.25, -0.2) is 0 Å². The maximum atomic E-state index is 13.0. The fraction of sp³-hybridized carbons (Fsp3) is 0.500. The summed E-state index contributed by atoms with van der Waals surface area (Å²) in [6, 6.07) is 5.88. The van der Waals surface area contributed by atoms with E-state index in [0.29, 0.717) is 13.1 Å². The molecule has 4 nitrogen and oxygen atoms in total. The highest BCUT2D eigenvalue weighted by Gasteiger charge is 2.27. The van der Waals surface area contributed by atoms with E-state index < -0.39 is 0 Å². The maximum Gasteiger partial charge on any atom is 0.264 e. The van der Waals surface area contributed by atoms with Gasteiger partial charge in [-0.2, -0.15) is 0 Å². The number of nitrogens with zero attached hydrogens (tertiary/aromatic N) is 1. The van der Waals surface area contributed by atoms with Gasteiger partial charge in [-0.1, -0.05) is 0 Å². The van der Waals surface area contributed by atoms with Crippen LogP contribution in [0.5, 0.6) is 0 Å². The minimum absolute atomic E-state index is 0.108. The molecule has 1 atom stereocenters. The van der Waals surface area contributed by atoms with Crippen molar-refractivity contribution in [1.29, 1.82) is 0 Å². The molecule has 0 unspecified atom stereocenters. The van der Waals surface area contributed by atoms with Gasteiger partial charge in [0.25, 0.3) is 5.91 Å². The molecular formula is C18H21NO3S. The van der Waals surface area contributed by atoms with Crippen LogP contribution in [0.3, 0.4) is 0 Å². The van der Waals surface area contributed by atoms with Gasteiger partial charge in [0.15, 0.2) is 0 Å². The molecule has 1 saturated heterocycles. The lowest BCUT2D eigenvalue weighted by atomic mass is 10.2. The quantitative estimate of drug-likeness (QED) is 0.840. The Labute approximate surface area is 140 Å². The molecule has 1 amide bonds. The van der Waals surface area contributed by atoms with Crippen molar-refractivity contribution >= 4 is 17.2 Å². The number of ether oxygens (including phenoxy) is 1. The Morgan fingerprint density at radius 2 is 2.30 bits per heavy atom. The van der Waals surface area contributed by atoms with Gasteiger partial charge < -0.3 is 14.1 Å². The number of thiophene rings is 1. The zero-order valence-electron chi connectivity index (χ0n) is 13.1. The van der Waals surface area contributed by atoms with Gasteiger partial charge in [0.2, 0.25) is 0 Å². The molecule has 5 heteroatoms. The molecule has 4 rings (SSSR count). The second-order valence-corrected chi connectivity index (χ2v) is 7.45. The van der Waals surface area contributed by atoms with Crippen LogP contribution in [0.25, 0.3) is 0 Å². The molecule has 3 heterocycles. The van der Waals surface area contributed by atoms with Gasteiger partial charge in [-0.15, -0.1) is 11.3 Å². The van der Waals surface area contributed by atoms with Crippen molar-refractivity contribution in [3.63, 3.8) is 0 Å². The van der Waals surface area contributed by atoms with Crippen LogP contribution in [0.1, 0.15) is 45.1 Å². The van der Waals surface area contributed by atoms with E-state index in [9.17, 15) is 4.79 Å². The Hall–Kier alpha value is -1.59. The van der Waals surface area contributed by atoms with Crippen LogP contribution >= 0.6 is 11.3 Å². The Morgan fingerprint density at radius 1 is 1.35 bits per heavy atom. The number of hydrogen-bond acceptors (Lipinski definition) is 4. The van der Waals surface area contributed by atoms with E-state index in [0.717, 1.165) is 42.9 Å². The van der Waals surface area contributed by atoms with Crippen LogP contribution in [0, 0.1) is 0 Å². The Kier molecular flexibility index (Phi) is 4.23. The molecule has 122 valence electrons. The minimum Gasteiger partial charge on any atom is -0.467 e. The molecule has 0 radical (unpaired) electrons. The summed E-state index contributed by atoms with van der Waals surface area (Å²) >= 11 is 1.67. The smallest absolute Gasteiger partial charge is 0.264 e. The fourth-order valence-electron chi connectivity index (χ4n) is 3.43. The van der Waals surface area contributed by atoms with Crippen molar-refractivity contribution < 1.29 is 13.9 Å². The molecule has 1 fully saturated rings. The summed E-state index contributed by atoms with van der Waals surface area (Å²) in [5.74, 6) is 0.928. The SMILES string of the molecule is O=C(c1cc2c(s1)CCC2)N(Cc1ccco1)C[C@@H]1CCCO1. The van der Waals surface area contributed by atoms with Gasteiger partial charge in [0, 0.05) is 18.0 Å². The van der Waals surface area contributed by atoms with E-state index >= 15 is 0 Å². The average Bonchev–Trinajstić information content (AvgIpc) is 3.30. The third-order valence-electron chi connectivity index (χ3n) is 4.62. The number of hydrogen-bond donors (Lipinski definition) is 0. The molecular weight excluding hydrogens is 310 g/mol. The summed E-state index contributed by atoms with van der Waals surface area (Å²) in [7, 11) is 0.